The molecule has 1 saturated heterocycles. The second-order valence-corrected chi connectivity index (χ2v) is 11.9. The molecule has 0 saturated carbocycles. The van der Waals surface area contributed by atoms with Gasteiger partial charge in [0.15, 0.2) is 4.96 Å². The van der Waals surface area contributed by atoms with Crippen molar-refractivity contribution < 1.29 is 4.79 Å². The number of carbonyl (C=O) groups is 1. The quantitative estimate of drug-likeness (QED) is 0.362. The van der Waals surface area contributed by atoms with Crippen molar-refractivity contribution >= 4 is 44.1 Å². The number of hydrogen-bond acceptors (Lipinski definition) is 4. The van der Waals surface area contributed by atoms with Gasteiger partial charge in [-0.15, -0.1) is 0 Å². The molecule has 184 valence electrons. The lowest BCUT2D eigenvalue weighted by atomic mass is 10.1. The molecule has 2 aromatic carbocycles. The van der Waals surface area contributed by atoms with Crippen molar-refractivity contribution in [1.29, 1.82) is 0 Å². The van der Waals surface area contributed by atoms with Gasteiger partial charge in [-0.1, -0.05) is 35.1 Å². The molecule has 1 fully saturated rings. The van der Waals surface area contributed by atoms with Gasteiger partial charge in [0.2, 0.25) is 0 Å². The molecule has 2 aromatic heterocycles. The summed E-state index contributed by atoms with van der Waals surface area (Å²) >= 11 is 7.91. The van der Waals surface area contributed by atoms with Gasteiger partial charge in [-0.2, -0.15) is 0 Å². The average molecular weight is 510 g/mol. The number of halogens is 1. The number of hydrogen-bond donors (Lipinski definition) is 1. The molecule has 1 aliphatic heterocycles. The summed E-state index contributed by atoms with van der Waals surface area (Å²) in [5, 5.41) is 3.80. The van der Waals surface area contributed by atoms with Crippen molar-refractivity contribution in [3.63, 3.8) is 0 Å². The maximum Gasteiger partial charge on any atom is 0.317 e. The van der Waals surface area contributed by atoms with Gasteiger partial charge in [-0.05, 0) is 70.0 Å². The molecule has 1 aliphatic rings. The molecule has 4 aromatic rings. The van der Waals surface area contributed by atoms with Crippen LogP contribution in [0.5, 0.6) is 0 Å². The summed E-state index contributed by atoms with van der Waals surface area (Å²) in [6, 6.07) is 12.5. The smallest absolute Gasteiger partial charge is 0.317 e. The Hall–Kier alpha value is -2.61. The summed E-state index contributed by atoms with van der Waals surface area (Å²) in [6.07, 6.45) is 0. The van der Waals surface area contributed by atoms with Crippen LogP contribution >= 0.6 is 22.9 Å². The number of aromatic nitrogens is 2. The van der Waals surface area contributed by atoms with E-state index < -0.39 is 0 Å². The van der Waals surface area contributed by atoms with Crippen LogP contribution in [0.4, 0.5) is 4.79 Å². The van der Waals surface area contributed by atoms with E-state index in [1.165, 1.54) is 27.0 Å². The summed E-state index contributed by atoms with van der Waals surface area (Å²) in [5.74, 6) is 0. The van der Waals surface area contributed by atoms with Crippen molar-refractivity contribution in [2.75, 3.05) is 26.2 Å². The molecule has 8 heteroatoms. The predicted molar refractivity (Wildman–Crippen MR) is 146 cm³/mol. The Labute approximate surface area is 215 Å². The third kappa shape index (κ3) is 4.90. The fourth-order valence-corrected chi connectivity index (χ4v) is 5.83. The van der Waals surface area contributed by atoms with Gasteiger partial charge in [-0.25, -0.2) is 9.78 Å². The van der Waals surface area contributed by atoms with Crippen LogP contribution < -0.4 is 5.32 Å². The number of benzene rings is 2. The zero-order valence-electron chi connectivity index (χ0n) is 21.0. The van der Waals surface area contributed by atoms with E-state index in [1.54, 1.807) is 11.3 Å². The summed E-state index contributed by atoms with van der Waals surface area (Å²) < 4.78 is 3.58. The minimum absolute atomic E-state index is 0.0143. The Balaban J connectivity index is 1.48. The van der Waals surface area contributed by atoms with Crippen LogP contribution in [0.2, 0.25) is 5.02 Å². The van der Waals surface area contributed by atoms with Crippen LogP contribution in [-0.4, -0.2) is 56.9 Å². The zero-order valence-corrected chi connectivity index (χ0v) is 22.6. The highest BCUT2D eigenvalue weighted by Gasteiger charge is 2.26. The summed E-state index contributed by atoms with van der Waals surface area (Å²) in [7, 11) is 0. The maximum absolute atomic E-state index is 12.6. The predicted octanol–water partition coefficient (Wildman–Crippen LogP) is 6.11. The van der Waals surface area contributed by atoms with Crippen LogP contribution in [-0.2, 0) is 6.54 Å². The highest BCUT2D eigenvalue weighted by Crippen LogP contribution is 2.35. The molecule has 3 heterocycles. The first-order chi connectivity index (χ1) is 16.6. The second kappa shape index (κ2) is 9.12. The third-order valence-corrected chi connectivity index (χ3v) is 7.85. The van der Waals surface area contributed by atoms with Crippen molar-refractivity contribution in [1.82, 2.24) is 24.5 Å². The molecule has 6 nitrogen and oxygen atoms in total. The number of amides is 2. The van der Waals surface area contributed by atoms with Gasteiger partial charge in [0.25, 0.3) is 0 Å². The van der Waals surface area contributed by atoms with E-state index in [2.05, 4.69) is 40.6 Å². The summed E-state index contributed by atoms with van der Waals surface area (Å²) in [5.41, 5.74) is 6.81. The Morgan fingerprint density at radius 3 is 2.37 bits per heavy atom. The third-order valence-electron chi connectivity index (χ3n) is 6.59. The van der Waals surface area contributed by atoms with Crippen molar-refractivity contribution in [3.05, 3.63) is 58.2 Å². The lowest BCUT2D eigenvalue weighted by molar-refractivity contribution is 0.130. The minimum Gasteiger partial charge on any atom is -0.333 e. The number of carbonyl (C=O) groups excluding carboxylic acids is 1. The minimum atomic E-state index is -0.235. The van der Waals surface area contributed by atoms with Gasteiger partial charge in [0.1, 0.15) is 0 Å². The Kier molecular flexibility index (Phi) is 6.28. The van der Waals surface area contributed by atoms with E-state index in [1.807, 2.05) is 49.9 Å². The number of imidazole rings is 1. The topological polar surface area (TPSA) is 52.9 Å². The first-order valence-corrected chi connectivity index (χ1v) is 13.2. The first-order valence-electron chi connectivity index (χ1n) is 12.1. The molecular weight excluding hydrogens is 478 g/mol. The standard InChI is InChI=1S/C27H32ClN5OS/c1-17-14-21-23(15-18(17)2)35-26-29-24(19-6-8-20(28)9-7-19)22(33(21)26)16-31-10-12-32(13-11-31)25(34)30-27(3,4)5/h6-9,14-15H,10-13,16H2,1-5H3,(H,30,34). The number of nitrogens with zero attached hydrogens (tertiary/aromatic N) is 4. The fourth-order valence-electron chi connectivity index (χ4n) is 4.58. The molecule has 2 amide bonds. The van der Waals surface area contributed by atoms with E-state index in [9.17, 15) is 4.79 Å². The largest absolute Gasteiger partial charge is 0.333 e. The molecular formula is C27H32ClN5OS. The molecule has 1 N–H and O–H groups in total. The Morgan fingerprint density at radius 1 is 1.06 bits per heavy atom. The molecule has 35 heavy (non-hydrogen) atoms. The molecule has 0 unspecified atom stereocenters. The van der Waals surface area contributed by atoms with Crippen molar-refractivity contribution in [2.45, 2.75) is 46.7 Å². The van der Waals surface area contributed by atoms with Gasteiger partial charge < -0.3 is 10.2 Å². The highest BCUT2D eigenvalue weighted by atomic mass is 35.5. The fraction of sp³-hybridized carbons (Fsp3) is 0.407. The van der Waals surface area contributed by atoms with Crippen molar-refractivity contribution in [3.8, 4) is 11.3 Å². The Bertz CT molecular complexity index is 1390. The van der Waals surface area contributed by atoms with E-state index in [4.69, 9.17) is 16.6 Å². The van der Waals surface area contributed by atoms with E-state index in [-0.39, 0.29) is 11.6 Å². The van der Waals surface area contributed by atoms with E-state index in [0.29, 0.717) is 13.1 Å². The van der Waals surface area contributed by atoms with Crippen LogP contribution in [0, 0.1) is 13.8 Å². The molecule has 0 radical (unpaired) electrons. The van der Waals surface area contributed by atoms with E-state index >= 15 is 0 Å². The molecule has 0 spiro atoms. The number of fused-ring (bicyclic) bond motifs is 3. The van der Waals surface area contributed by atoms with Crippen LogP contribution in [0.25, 0.3) is 26.4 Å². The van der Waals surface area contributed by atoms with Gasteiger partial charge >= 0.3 is 6.03 Å². The monoisotopic (exact) mass is 509 g/mol. The molecule has 0 aliphatic carbocycles. The number of aryl methyl sites for hydroxylation is 2. The number of urea groups is 1. The van der Waals surface area contributed by atoms with Gasteiger partial charge in [-0.3, -0.25) is 9.30 Å². The van der Waals surface area contributed by atoms with Crippen LogP contribution in [0.1, 0.15) is 37.6 Å². The maximum atomic E-state index is 12.6. The SMILES string of the molecule is Cc1cc2sc3nc(-c4ccc(Cl)cc4)c(CN4CCN(C(=O)NC(C)(C)C)CC4)n3c2cc1C. The Morgan fingerprint density at radius 2 is 1.71 bits per heavy atom. The number of rotatable bonds is 3. The first kappa shape index (κ1) is 24.1. The molecule has 5 rings (SSSR count). The summed E-state index contributed by atoms with van der Waals surface area (Å²) in [4.78, 5) is 23.1. The second-order valence-electron chi connectivity index (χ2n) is 10.5. The molecule has 0 atom stereocenters. The number of nitrogens with one attached hydrogen (secondary N) is 1. The van der Waals surface area contributed by atoms with Gasteiger partial charge in [0.05, 0.1) is 21.6 Å². The lowest BCUT2D eigenvalue weighted by Crippen LogP contribution is -2.54. The van der Waals surface area contributed by atoms with Crippen LogP contribution in [0.3, 0.4) is 0 Å². The lowest BCUT2D eigenvalue weighted by Gasteiger charge is -2.36. The van der Waals surface area contributed by atoms with Crippen molar-refractivity contribution in [2.24, 2.45) is 0 Å². The number of thiazole rings is 1. The average Bonchev–Trinajstić information content (AvgIpc) is 3.30. The van der Waals surface area contributed by atoms with Gasteiger partial charge in [0, 0.05) is 48.8 Å². The highest BCUT2D eigenvalue weighted by molar-refractivity contribution is 7.23. The zero-order chi connectivity index (χ0) is 24.9. The van der Waals surface area contributed by atoms with Crippen LogP contribution in [0.15, 0.2) is 36.4 Å². The molecule has 0 bridgehead atoms. The normalized spacial score (nSPS) is 15.3. The number of piperazine rings is 1. The van der Waals surface area contributed by atoms with E-state index in [0.717, 1.165) is 40.9 Å². The summed E-state index contributed by atoms with van der Waals surface area (Å²) in [6.45, 7) is 14.2.